The lowest BCUT2D eigenvalue weighted by Crippen LogP contribution is -2.43. The lowest BCUT2D eigenvalue weighted by Gasteiger charge is -2.21. The highest BCUT2D eigenvalue weighted by Gasteiger charge is 2.31. The highest BCUT2D eigenvalue weighted by atomic mass is 35.5. The van der Waals surface area contributed by atoms with Crippen molar-refractivity contribution in [2.24, 2.45) is 0 Å². The number of carbonyl (C=O) groups is 1. The van der Waals surface area contributed by atoms with Gasteiger partial charge >= 0.3 is 6.61 Å². The van der Waals surface area contributed by atoms with E-state index in [9.17, 15) is 13.6 Å². The molecule has 2 N–H and O–H groups in total. The quantitative estimate of drug-likeness (QED) is 0.786. The van der Waals surface area contributed by atoms with E-state index in [1.165, 1.54) is 12.1 Å². The van der Waals surface area contributed by atoms with Crippen molar-refractivity contribution in [3.05, 3.63) is 64.7 Å². The van der Waals surface area contributed by atoms with E-state index in [2.05, 4.69) is 15.6 Å². The van der Waals surface area contributed by atoms with Crippen LogP contribution in [0.4, 0.5) is 8.78 Å². The normalized spacial score (nSPS) is 19.3. The Hall–Kier alpha value is -2.22. The minimum Gasteiger partial charge on any atom is -0.435 e. The van der Waals surface area contributed by atoms with E-state index in [-0.39, 0.29) is 23.7 Å². The zero-order valence-electron chi connectivity index (χ0n) is 14.7. The van der Waals surface area contributed by atoms with Crippen molar-refractivity contribution >= 4 is 17.5 Å². The molecule has 144 valence electrons. The van der Waals surface area contributed by atoms with Crippen molar-refractivity contribution < 1.29 is 18.3 Å². The first-order valence-corrected chi connectivity index (χ1v) is 8.85. The minimum atomic E-state index is -2.85. The maximum Gasteiger partial charge on any atom is 0.387 e. The molecule has 1 amide bonds. The van der Waals surface area contributed by atoms with E-state index in [4.69, 9.17) is 11.6 Å². The summed E-state index contributed by atoms with van der Waals surface area (Å²) in [5, 5.41) is 0.653. The van der Waals surface area contributed by atoms with E-state index in [1.54, 1.807) is 24.1 Å². The average Bonchev–Trinajstić information content (AvgIpc) is 3.12. The first-order chi connectivity index (χ1) is 12.9. The molecule has 1 heterocycles. The summed E-state index contributed by atoms with van der Waals surface area (Å²) in [6.07, 6.45) is 0.602. The van der Waals surface area contributed by atoms with Gasteiger partial charge in [-0.05, 0) is 41.8 Å². The summed E-state index contributed by atoms with van der Waals surface area (Å²) in [6.45, 7) is -2.48. The molecule has 8 heteroatoms. The van der Waals surface area contributed by atoms with E-state index >= 15 is 0 Å². The predicted octanol–water partition coefficient (Wildman–Crippen LogP) is 3.51. The van der Waals surface area contributed by atoms with Gasteiger partial charge in [-0.1, -0.05) is 35.9 Å². The van der Waals surface area contributed by atoms with Crippen LogP contribution in [0.1, 0.15) is 23.6 Å². The number of benzene rings is 2. The van der Waals surface area contributed by atoms with Gasteiger partial charge in [0.25, 0.3) is 0 Å². The predicted molar refractivity (Wildman–Crippen MR) is 98.4 cm³/mol. The topological polar surface area (TPSA) is 53.6 Å². The standard InChI is InChI=1S/C19H20ClF2N3O2/c1-25(11-12-5-7-15(8-6-12)27-19(21)22)18(26)17-10-16(23-24-17)13-3-2-4-14(20)9-13/h2-9,16-17,19,23-24H,10-11H2,1H3. The number of alkyl halides is 2. The molecule has 27 heavy (non-hydrogen) atoms. The molecule has 1 fully saturated rings. The molecule has 0 bridgehead atoms. The van der Waals surface area contributed by atoms with Gasteiger partial charge in [-0.15, -0.1) is 0 Å². The summed E-state index contributed by atoms with van der Waals surface area (Å²) in [6, 6.07) is 13.4. The molecule has 0 spiro atoms. The Morgan fingerprint density at radius 3 is 2.67 bits per heavy atom. The fourth-order valence-corrected chi connectivity index (χ4v) is 3.25. The van der Waals surface area contributed by atoms with Crippen LogP contribution >= 0.6 is 11.6 Å². The van der Waals surface area contributed by atoms with Gasteiger partial charge in [0.2, 0.25) is 5.91 Å². The van der Waals surface area contributed by atoms with E-state index in [0.717, 1.165) is 11.1 Å². The maximum absolute atomic E-state index is 12.7. The van der Waals surface area contributed by atoms with Gasteiger partial charge in [-0.2, -0.15) is 8.78 Å². The molecular formula is C19H20ClF2N3O2. The van der Waals surface area contributed by atoms with Crippen LogP contribution in [0.2, 0.25) is 5.02 Å². The molecule has 3 rings (SSSR count). The number of rotatable bonds is 6. The van der Waals surface area contributed by atoms with Gasteiger partial charge in [0, 0.05) is 24.7 Å². The van der Waals surface area contributed by atoms with Crippen LogP contribution in [-0.4, -0.2) is 30.5 Å². The third-order valence-electron chi connectivity index (χ3n) is 4.40. The second-order valence-electron chi connectivity index (χ2n) is 6.40. The van der Waals surface area contributed by atoms with Crippen molar-refractivity contribution in [1.82, 2.24) is 15.8 Å². The number of ether oxygens (including phenoxy) is 1. The molecule has 0 aliphatic carbocycles. The molecule has 0 saturated carbocycles. The van der Waals surface area contributed by atoms with Crippen molar-refractivity contribution in [1.29, 1.82) is 0 Å². The van der Waals surface area contributed by atoms with Crippen LogP contribution in [0.3, 0.4) is 0 Å². The summed E-state index contributed by atoms with van der Waals surface area (Å²) in [5.41, 5.74) is 8.01. The zero-order valence-corrected chi connectivity index (χ0v) is 15.4. The fraction of sp³-hybridized carbons (Fsp3) is 0.316. The lowest BCUT2D eigenvalue weighted by molar-refractivity contribution is -0.132. The summed E-state index contributed by atoms with van der Waals surface area (Å²) in [7, 11) is 1.71. The van der Waals surface area contributed by atoms with Gasteiger partial charge in [0.1, 0.15) is 11.8 Å². The van der Waals surface area contributed by atoms with Crippen molar-refractivity contribution in [2.45, 2.75) is 31.7 Å². The molecule has 1 aliphatic rings. The molecule has 0 aromatic heterocycles. The summed E-state index contributed by atoms with van der Waals surface area (Å²) in [5.74, 6) is 0.0358. The lowest BCUT2D eigenvalue weighted by atomic mass is 10.0. The summed E-state index contributed by atoms with van der Waals surface area (Å²) < 4.78 is 28.7. The zero-order chi connectivity index (χ0) is 19.4. The Balaban J connectivity index is 1.56. The largest absolute Gasteiger partial charge is 0.435 e. The number of nitrogens with one attached hydrogen (secondary N) is 2. The van der Waals surface area contributed by atoms with Crippen LogP contribution in [0.25, 0.3) is 0 Å². The van der Waals surface area contributed by atoms with E-state index < -0.39 is 6.61 Å². The Kier molecular flexibility index (Phi) is 6.26. The number of nitrogens with zero attached hydrogens (tertiary/aromatic N) is 1. The molecule has 2 unspecified atom stereocenters. The van der Waals surface area contributed by atoms with Crippen molar-refractivity contribution in [2.75, 3.05) is 7.05 Å². The van der Waals surface area contributed by atoms with Crippen molar-refractivity contribution in [3.63, 3.8) is 0 Å². The first kappa shape index (κ1) is 19.5. The smallest absolute Gasteiger partial charge is 0.387 e. The molecular weight excluding hydrogens is 376 g/mol. The second kappa shape index (κ2) is 8.65. The average molecular weight is 396 g/mol. The maximum atomic E-state index is 12.7. The Bertz CT molecular complexity index is 789. The molecule has 1 saturated heterocycles. The first-order valence-electron chi connectivity index (χ1n) is 8.47. The molecule has 2 atom stereocenters. The van der Waals surface area contributed by atoms with Gasteiger partial charge in [0.05, 0.1) is 0 Å². The van der Waals surface area contributed by atoms with E-state index in [0.29, 0.717) is 18.0 Å². The molecule has 2 aromatic carbocycles. The number of halogens is 3. The number of hydrogen-bond acceptors (Lipinski definition) is 4. The molecule has 0 radical (unpaired) electrons. The van der Waals surface area contributed by atoms with Gasteiger partial charge in [-0.25, -0.2) is 10.9 Å². The van der Waals surface area contributed by atoms with Gasteiger partial charge in [0.15, 0.2) is 0 Å². The Labute approximate surface area is 161 Å². The van der Waals surface area contributed by atoms with Gasteiger partial charge < -0.3 is 9.64 Å². The summed E-state index contributed by atoms with van der Waals surface area (Å²) >= 11 is 6.03. The van der Waals surface area contributed by atoms with Crippen molar-refractivity contribution in [3.8, 4) is 5.75 Å². The van der Waals surface area contributed by atoms with Crippen LogP contribution in [-0.2, 0) is 11.3 Å². The number of carbonyl (C=O) groups excluding carboxylic acids is 1. The fourth-order valence-electron chi connectivity index (χ4n) is 3.05. The van der Waals surface area contributed by atoms with Crippen LogP contribution < -0.4 is 15.6 Å². The minimum absolute atomic E-state index is 0.00294. The third-order valence-corrected chi connectivity index (χ3v) is 4.63. The Morgan fingerprint density at radius 2 is 2.00 bits per heavy atom. The highest BCUT2D eigenvalue weighted by molar-refractivity contribution is 6.30. The summed E-state index contributed by atoms with van der Waals surface area (Å²) in [4.78, 5) is 14.3. The molecule has 1 aliphatic heterocycles. The van der Waals surface area contributed by atoms with Crippen LogP contribution in [0, 0.1) is 0 Å². The highest BCUT2D eigenvalue weighted by Crippen LogP contribution is 2.25. The number of amides is 1. The van der Waals surface area contributed by atoms with Gasteiger partial charge in [-0.3, -0.25) is 4.79 Å². The number of hydrogen-bond donors (Lipinski definition) is 2. The SMILES string of the molecule is CN(Cc1ccc(OC(F)F)cc1)C(=O)C1CC(c2cccc(Cl)c2)NN1. The Morgan fingerprint density at radius 1 is 1.26 bits per heavy atom. The van der Waals surface area contributed by atoms with E-state index in [1.807, 2.05) is 24.3 Å². The second-order valence-corrected chi connectivity index (χ2v) is 6.84. The number of hydrazine groups is 1. The molecule has 5 nitrogen and oxygen atoms in total. The number of likely N-dealkylation sites (N-methyl/N-ethyl adjacent to an activating group) is 1. The van der Waals surface area contributed by atoms with Crippen LogP contribution in [0.15, 0.2) is 48.5 Å². The monoisotopic (exact) mass is 395 g/mol. The van der Waals surface area contributed by atoms with Crippen LogP contribution in [0.5, 0.6) is 5.75 Å². The molecule has 2 aromatic rings. The third kappa shape index (κ3) is 5.15.